The number of hydrogen-bond donors (Lipinski definition) is 0. The van der Waals surface area contributed by atoms with Crippen molar-refractivity contribution in [1.29, 1.82) is 0 Å². The van der Waals surface area contributed by atoms with Crippen LogP contribution in [-0.4, -0.2) is 19.3 Å². The normalized spacial score (nSPS) is 24.3. The predicted molar refractivity (Wildman–Crippen MR) is 39.6 cm³/mol. The molecule has 0 aromatic carbocycles. The molecule has 1 aliphatic heterocycles. The van der Waals surface area contributed by atoms with E-state index in [1.54, 1.807) is 6.26 Å². The molecule has 0 spiro atoms. The minimum atomic E-state index is 0.357. The summed E-state index contributed by atoms with van der Waals surface area (Å²) in [5.41, 5.74) is 0. The number of epoxide rings is 1. The summed E-state index contributed by atoms with van der Waals surface area (Å²) in [6, 6.07) is 0. The maximum Gasteiger partial charge on any atom is 0.116 e. The Labute approximate surface area is 61.1 Å². The van der Waals surface area contributed by atoms with Gasteiger partial charge >= 0.3 is 0 Å². The number of hydrogen-bond acceptors (Lipinski definition) is 2. The number of rotatable bonds is 4. The van der Waals surface area contributed by atoms with Crippen molar-refractivity contribution in [1.82, 2.24) is 0 Å². The van der Waals surface area contributed by atoms with Crippen LogP contribution in [0, 0.1) is 0 Å². The second-order valence-corrected chi connectivity index (χ2v) is 2.14. The van der Waals surface area contributed by atoms with Gasteiger partial charge in [-0.1, -0.05) is 12.2 Å². The lowest BCUT2D eigenvalue weighted by Gasteiger charge is -1.92. The first kappa shape index (κ1) is 7.35. The number of ether oxygens (including phenoxy) is 2. The average molecular weight is 140 g/mol. The highest BCUT2D eigenvalue weighted by molar-refractivity contribution is 4.97. The van der Waals surface area contributed by atoms with Crippen LogP contribution < -0.4 is 0 Å². The molecular formula is C8H12O2. The van der Waals surface area contributed by atoms with E-state index in [9.17, 15) is 0 Å². The Balaban J connectivity index is 1.92. The summed E-state index contributed by atoms with van der Waals surface area (Å²) < 4.78 is 10.0. The standard InChI is InChI=1S/C8H12O2/c1-2-3-4-5-9-6-8-7-10-8/h2-5,8H,6-7H2,1H3. The Hall–Kier alpha value is -0.760. The Morgan fingerprint density at radius 3 is 3.00 bits per heavy atom. The van der Waals surface area contributed by atoms with Crippen molar-refractivity contribution in [3.8, 4) is 0 Å². The molecule has 1 aliphatic rings. The molecule has 10 heavy (non-hydrogen) atoms. The zero-order valence-corrected chi connectivity index (χ0v) is 6.12. The topological polar surface area (TPSA) is 21.8 Å². The fourth-order valence-corrected chi connectivity index (χ4v) is 0.539. The molecule has 0 amide bonds. The lowest BCUT2D eigenvalue weighted by atomic mass is 10.5. The lowest BCUT2D eigenvalue weighted by Crippen LogP contribution is -1.94. The van der Waals surface area contributed by atoms with E-state index < -0.39 is 0 Å². The monoisotopic (exact) mass is 140 g/mol. The van der Waals surface area contributed by atoms with Crippen molar-refractivity contribution < 1.29 is 9.47 Å². The van der Waals surface area contributed by atoms with Crippen LogP contribution in [0.25, 0.3) is 0 Å². The molecule has 0 aliphatic carbocycles. The van der Waals surface area contributed by atoms with Crippen LogP contribution in [0.3, 0.4) is 0 Å². The summed E-state index contributed by atoms with van der Waals surface area (Å²) in [5, 5.41) is 0. The van der Waals surface area contributed by atoms with Crippen molar-refractivity contribution in [2.75, 3.05) is 13.2 Å². The molecule has 0 aromatic rings. The Bertz CT molecular complexity index is 134. The van der Waals surface area contributed by atoms with E-state index in [4.69, 9.17) is 9.47 Å². The van der Waals surface area contributed by atoms with Gasteiger partial charge in [0, 0.05) is 0 Å². The van der Waals surface area contributed by atoms with E-state index in [1.807, 2.05) is 25.2 Å². The third-order valence-electron chi connectivity index (χ3n) is 1.16. The lowest BCUT2D eigenvalue weighted by molar-refractivity contribution is 0.212. The van der Waals surface area contributed by atoms with Gasteiger partial charge in [0.05, 0.1) is 12.9 Å². The van der Waals surface area contributed by atoms with Crippen molar-refractivity contribution in [2.24, 2.45) is 0 Å². The molecule has 0 aromatic heterocycles. The van der Waals surface area contributed by atoms with Gasteiger partial charge in [-0.25, -0.2) is 0 Å². The summed E-state index contributed by atoms with van der Waals surface area (Å²) in [6.45, 7) is 3.51. The van der Waals surface area contributed by atoms with Gasteiger partial charge in [-0.05, 0) is 13.0 Å². The van der Waals surface area contributed by atoms with Crippen LogP contribution in [0.1, 0.15) is 6.92 Å². The molecule has 1 saturated heterocycles. The highest BCUT2D eigenvalue weighted by Gasteiger charge is 2.22. The van der Waals surface area contributed by atoms with Crippen LogP contribution in [0.5, 0.6) is 0 Å². The molecule has 56 valence electrons. The molecule has 0 saturated carbocycles. The second kappa shape index (κ2) is 4.12. The molecular weight excluding hydrogens is 128 g/mol. The van der Waals surface area contributed by atoms with Gasteiger partial charge in [-0.2, -0.15) is 0 Å². The smallest absolute Gasteiger partial charge is 0.116 e. The van der Waals surface area contributed by atoms with Gasteiger partial charge in [0.2, 0.25) is 0 Å². The summed E-state index contributed by atoms with van der Waals surface area (Å²) in [7, 11) is 0. The highest BCUT2D eigenvalue weighted by Crippen LogP contribution is 2.08. The van der Waals surface area contributed by atoms with E-state index in [-0.39, 0.29) is 0 Å². The molecule has 0 bridgehead atoms. The van der Waals surface area contributed by atoms with Gasteiger partial charge in [-0.3, -0.25) is 0 Å². The summed E-state index contributed by atoms with van der Waals surface area (Å²) in [6.07, 6.45) is 7.78. The molecule has 0 radical (unpaired) electrons. The van der Waals surface area contributed by atoms with Crippen LogP contribution in [0.2, 0.25) is 0 Å². The SMILES string of the molecule is CC=CC=COCC1CO1. The Morgan fingerprint density at radius 2 is 2.40 bits per heavy atom. The van der Waals surface area contributed by atoms with Crippen LogP contribution in [-0.2, 0) is 9.47 Å². The van der Waals surface area contributed by atoms with Gasteiger partial charge in [0.25, 0.3) is 0 Å². The fraction of sp³-hybridized carbons (Fsp3) is 0.500. The van der Waals surface area contributed by atoms with Crippen molar-refractivity contribution in [2.45, 2.75) is 13.0 Å². The quantitative estimate of drug-likeness (QED) is 0.335. The van der Waals surface area contributed by atoms with E-state index in [0.29, 0.717) is 12.7 Å². The number of allylic oxidation sites excluding steroid dienone is 3. The maximum absolute atomic E-state index is 5.10. The van der Waals surface area contributed by atoms with Gasteiger partial charge < -0.3 is 9.47 Å². The molecule has 2 nitrogen and oxygen atoms in total. The minimum Gasteiger partial charge on any atom is -0.498 e. The zero-order chi connectivity index (χ0) is 7.23. The molecule has 0 N–H and O–H groups in total. The first-order chi connectivity index (χ1) is 4.93. The molecule has 2 heteroatoms. The van der Waals surface area contributed by atoms with Crippen molar-refractivity contribution in [3.63, 3.8) is 0 Å². The summed E-state index contributed by atoms with van der Waals surface area (Å²) in [5.74, 6) is 0. The summed E-state index contributed by atoms with van der Waals surface area (Å²) in [4.78, 5) is 0. The second-order valence-electron chi connectivity index (χ2n) is 2.14. The van der Waals surface area contributed by atoms with E-state index in [1.165, 1.54) is 0 Å². The molecule has 1 unspecified atom stereocenters. The van der Waals surface area contributed by atoms with Crippen LogP contribution in [0.4, 0.5) is 0 Å². The Kier molecular flexibility index (Phi) is 3.03. The first-order valence-electron chi connectivity index (χ1n) is 3.44. The molecule has 1 heterocycles. The van der Waals surface area contributed by atoms with Gasteiger partial charge in [0.15, 0.2) is 0 Å². The van der Waals surface area contributed by atoms with E-state index >= 15 is 0 Å². The highest BCUT2D eigenvalue weighted by atomic mass is 16.6. The van der Waals surface area contributed by atoms with Crippen molar-refractivity contribution >= 4 is 0 Å². The predicted octanol–water partition coefficient (Wildman–Crippen LogP) is 1.49. The molecule has 1 rings (SSSR count). The molecule has 1 fully saturated rings. The third kappa shape index (κ3) is 3.30. The average Bonchev–Trinajstić information content (AvgIpc) is 2.71. The third-order valence-corrected chi connectivity index (χ3v) is 1.16. The van der Waals surface area contributed by atoms with E-state index in [2.05, 4.69) is 0 Å². The van der Waals surface area contributed by atoms with Crippen LogP contribution in [0.15, 0.2) is 24.5 Å². The Morgan fingerprint density at radius 1 is 1.60 bits per heavy atom. The van der Waals surface area contributed by atoms with E-state index in [0.717, 1.165) is 6.61 Å². The van der Waals surface area contributed by atoms with Crippen molar-refractivity contribution in [3.05, 3.63) is 24.5 Å². The van der Waals surface area contributed by atoms with Gasteiger partial charge in [0.1, 0.15) is 12.7 Å². The zero-order valence-electron chi connectivity index (χ0n) is 6.12. The molecule has 1 atom stereocenters. The summed E-state index contributed by atoms with van der Waals surface area (Å²) >= 11 is 0. The maximum atomic E-state index is 5.10. The largest absolute Gasteiger partial charge is 0.498 e. The van der Waals surface area contributed by atoms with Gasteiger partial charge in [-0.15, -0.1) is 0 Å². The fourth-order valence-electron chi connectivity index (χ4n) is 0.539. The van der Waals surface area contributed by atoms with Crippen LogP contribution >= 0.6 is 0 Å². The minimum absolute atomic E-state index is 0.357. The first-order valence-corrected chi connectivity index (χ1v) is 3.44.